The molecule has 0 atom stereocenters. The molecule has 2 aromatic heterocycles. The van der Waals surface area contributed by atoms with Gasteiger partial charge >= 0.3 is 6.18 Å². The maximum absolute atomic E-state index is 13.0. The molecule has 1 fully saturated rings. The Morgan fingerprint density at radius 3 is 2.41 bits per heavy atom. The zero-order valence-corrected chi connectivity index (χ0v) is 24.2. The van der Waals surface area contributed by atoms with Gasteiger partial charge < -0.3 is 22.1 Å². The molecule has 0 aliphatic heterocycles. The van der Waals surface area contributed by atoms with Crippen molar-refractivity contribution in [2.45, 2.75) is 70.0 Å². The molecule has 4 rings (SSSR count). The number of allylic oxidation sites excluding steroid dienone is 1. The molecule has 44 heavy (non-hydrogen) atoms. The smallest absolute Gasteiger partial charge is 0.398 e. The highest BCUT2D eigenvalue weighted by Gasteiger charge is 2.31. The first-order valence-electron chi connectivity index (χ1n) is 14.6. The number of nitrogens with one attached hydrogen (secondary N) is 3. The fourth-order valence-corrected chi connectivity index (χ4v) is 5.05. The lowest BCUT2D eigenvalue weighted by Crippen LogP contribution is -2.35. The molecule has 1 saturated carbocycles. The van der Waals surface area contributed by atoms with E-state index in [1.165, 1.54) is 49.7 Å². The first-order chi connectivity index (χ1) is 21.0. The van der Waals surface area contributed by atoms with Crippen LogP contribution in [0.3, 0.4) is 0 Å². The second kappa shape index (κ2) is 14.6. The number of aromatic nitrogens is 2. The Bertz CT molecular complexity index is 1520. The van der Waals surface area contributed by atoms with E-state index in [9.17, 15) is 22.8 Å². The summed E-state index contributed by atoms with van der Waals surface area (Å²) in [6.07, 6.45) is 10.3. The minimum atomic E-state index is -4.57. The summed E-state index contributed by atoms with van der Waals surface area (Å²) in [5.74, 6) is -0.714. The Morgan fingerprint density at radius 2 is 1.70 bits per heavy atom. The topological polar surface area (TPSA) is 160 Å². The zero-order valence-electron chi connectivity index (χ0n) is 24.2. The van der Waals surface area contributed by atoms with Crippen LogP contribution in [0.2, 0.25) is 0 Å². The van der Waals surface area contributed by atoms with Gasteiger partial charge in [-0.25, -0.2) is 9.97 Å². The van der Waals surface area contributed by atoms with Gasteiger partial charge in [-0.3, -0.25) is 15.0 Å². The molecule has 0 unspecified atom stereocenters. The van der Waals surface area contributed by atoms with Crippen molar-refractivity contribution in [2.24, 2.45) is 0 Å². The second-order valence-corrected chi connectivity index (χ2v) is 10.8. The second-order valence-electron chi connectivity index (χ2n) is 10.8. The number of unbranched alkanes of at least 4 members (excludes halogenated alkanes) is 2. The van der Waals surface area contributed by atoms with E-state index < -0.39 is 17.6 Å². The molecule has 1 aliphatic rings. The quantitative estimate of drug-likeness (QED) is 0.126. The third kappa shape index (κ3) is 8.65. The van der Waals surface area contributed by atoms with E-state index in [0.717, 1.165) is 50.4 Å². The van der Waals surface area contributed by atoms with E-state index in [1.807, 2.05) is 12.2 Å². The van der Waals surface area contributed by atoms with Gasteiger partial charge in [-0.2, -0.15) is 13.2 Å². The van der Waals surface area contributed by atoms with Crippen LogP contribution in [0.5, 0.6) is 0 Å². The number of pyridine rings is 2. The Kier molecular flexibility index (Phi) is 10.7. The van der Waals surface area contributed by atoms with Gasteiger partial charge in [0.05, 0.1) is 22.5 Å². The molecule has 3 aromatic rings. The molecule has 2 amide bonds. The number of benzene rings is 1. The highest BCUT2D eigenvalue weighted by Crippen LogP contribution is 2.30. The number of amides is 2. The van der Waals surface area contributed by atoms with Gasteiger partial charge in [0.2, 0.25) is 5.91 Å². The van der Waals surface area contributed by atoms with Gasteiger partial charge in [-0.15, -0.1) is 0 Å². The molecule has 1 aromatic carbocycles. The maximum atomic E-state index is 13.0. The lowest BCUT2D eigenvalue weighted by Gasteiger charge is -2.22. The van der Waals surface area contributed by atoms with Crippen molar-refractivity contribution in [2.75, 3.05) is 16.8 Å². The fourth-order valence-electron chi connectivity index (χ4n) is 5.05. The Balaban J connectivity index is 1.33. The van der Waals surface area contributed by atoms with Gasteiger partial charge in [0.1, 0.15) is 11.6 Å². The number of carbonyl (C=O) groups is 2. The average molecular weight is 608 g/mol. The predicted octanol–water partition coefficient (Wildman–Crippen LogP) is 6.35. The summed E-state index contributed by atoms with van der Waals surface area (Å²) in [6.45, 7) is 0. The highest BCUT2D eigenvalue weighted by atomic mass is 19.4. The molecule has 12 heteroatoms. The lowest BCUT2D eigenvalue weighted by molar-refractivity contribution is -0.137. The highest BCUT2D eigenvalue weighted by molar-refractivity contribution is 6.17. The van der Waals surface area contributed by atoms with Crippen LogP contribution in [-0.2, 0) is 11.0 Å². The number of hydrogen-bond acceptors (Lipinski definition) is 7. The summed E-state index contributed by atoms with van der Waals surface area (Å²) in [4.78, 5) is 32.8. The van der Waals surface area contributed by atoms with E-state index in [4.69, 9.17) is 16.9 Å². The van der Waals surface area contributed by atoms with Crippen LogP contribution in [0.1, 0.15) is 90.4 Å². The molecule has 1 aliphatic carbocycles. The Labute approximate surface area is 253 Å². The van der Waals surface area contributed by atoms with Crippen molar-refractivity contribution in [1.29, 1.82) is 5.41 Å². The van der Waals surface area contributed by atoms with Crippen molar-refractivity contribution in [3.05, 3.63) is 82.7 Å². The summed E-state index contributed by atoms with van der Waals surface area (Å²) in [5.41, 5.74) is 13.2. The fraction of sp³-hybridized carbons (Fsp3) is 0.344. The molecule has 0 bridgehead atoms. The number of carbonyl (C=O) groups excluding carboxylic acids is 2. The normalized spacial score (nSPS) is 14.0. The summed E-state index contributed by atoms with van der Waals surface area (Å²) in [6, 6.07) is 7.79. The number of hydrogen-bond donors (Lipinski definition) is 5. The van der Waals surface area contributed by atoms with Crippen LogP contribution in [0, 0.1) is 5.41 Å². The maximum Gasteiger partial charge on any atom is 0.416 e. The number of halogens is 3. The number of rotatable bonds is 11. The number of nitrogen functional groups attached to an aromatic ring is 2. The Hall–Kier alpha value is -4.74. The zero-order chi connectivity index (χ0) is 31.7. The van der Waals surface area contributed by atoms with Crippen LogP contribution in [0.15, 0.2) is 54.9 Å². The Morgan fingerprint density at radius 1 is 1.00 bits per heavy atom. The minimum absolute atomic E-state index is 0.00164. The first kappa shape index (κ1) is 32.2. The van der Waals surface area contributed by atoms with Crippen LogP contribution in [0.4, 0.5) is 30.5 Å². The van der Waals surface area contributed by atoms with Gasteiger partial charge in [-0.05, 0) is 56.4 Å². The molecule has 0 saturated heterocycles. The van der Waals surface area contributed by atoms with E-state index >= 15 is 0 Å². The van der Waals surface area contributed by atoms with Crippen LogP contribution >= 0.6 is 0 Å². The summed E-state index contributed by atoms with van der Waals surface area (Å²) < 4.78 is 38.9. The minimum Gasteiger partial charge on any atom is -0.398 e. The average Bonchev–Trinajstić information content (AvgIpc) is 3.00. The van der Waals surface area contributed by atoms with Crippen molar-refractivity contribution in [3.63, 3.8) is 0 Å². The van der Waals surface area contributed by atoms with Crippen molar-refractivity contribution in [3.8, 4) is 0 Å². The van der Waals surface area contributed by atoms with Crippen LogP contribution in [-0.4, -0.2) is 33.5 Å². The molecule has 0 radical (unpaired) electrons. The largest absolute Gasteiger partial charge is 0.416 e. The predicted molar refractivity (Wildman–Crippen MR) is 165 cm³/mol. The van der Waals surface area contributed by atoms with E-state index in [-0.39, 0.29) is 40.1 Å². The first-order valence-corrected chi connectivity index (χ1v) is 14.6. The lowest BCUT2D eigenvalue weighted by atomic mass is 9.95. The third-order valence-electron chi connectivity index (χ3n) is 7.49. The summed E-state index contributed by atoms with van der Waals surface area (Å²) in [7, 11) is 0. The molecular formula is C32H36F3N7O2. The molecule has 2 heterocycles. The molecular weight excluding hydrogens is 571 g/mol. The SMILES string of the molecule is N=C(c1ccc(C(=O)Nc2cc(C(F)(F)F)ccn2)cc1)c1c(N)ncc(/C=C/CCCCC(=O)NC2CCCCC2)c1N. The van der Waals surface area contributed by atoms with E-state index in [2.05, 4.69) is 20.6 Å². The van der Waals surface area contributed by atoms with Crippen molar-refractivity contribution >= 4 is 40.9 Å². The van der Waals surface area contributed by atoms with Crippen LogP contribution < -0.4 is 22.1 Å². The standard InChI is InChI=1S/C32H36F3N7O2/c33-32(34,35)23-16-17-39-25(18-23)42-31(44)21-14-12-20(13-15-21)28(36)27-29(37)22(19-40-30(27)38)8-4-1-2-7-11-26(43)41-24-9-5-3-6-10-24/h4,8,12-19,24,36H,1-3,5-7,9-11H2,(H,41,43)(H4,37,38,40)(H,39,42,44)/b8-4+,36-28?. The summed E-state index contributed by atoms with van der Waals surface area (Å²) >= 11 is 0. The monoisotopic (exact) mass is 607 g/mol. The molecule has 9 nitrogen and oxygen atoms in total. The number of anilines is 3. The number of nitrogens with two attached hydrogens (primary N) is 2. The molecule has 0 spiro atoms. The van der Waals surface area contributed by atoms with E-state index in [0.29, 0.717) is 23.6 Å². The van der Waals surface area contributed by atoms with Crippen LogP contribution in [0.25, 0.3) is 6.08 Å². The van der Waals surface area contributed by atoms with Gasteiger partial charge in [0.25, 0.3) is 5.91 Å². The number of nitrogens with zero attached hydrogens (tertiary/aromatic N) is 2. The van der Waals surface area contributed by atoms with E-state index in [1.54, 1.807) is 0 Å². The van der Waals surface area contributed by atoms with Crippen molar-refractivity contribution < 1.29 is 22.8 Å². The van der Waals surface area contributed by atoms with Crippen molar-refractivity contribution in [1.82, 2.24) is 15.3 Å². The summed E-state index contributed by atoms with van der Waals surface area (Å²) in [5, 5.41) is 14.2. The van der Waals surface area contributed by atoms with Gasteiger partial charge in [0, 0.05) is 41.5 Å². The van der Waals surface area contributed by atoms with Gasteiger partial charge in [-0.1, -0.05) is 43.5 Å². The van der Waals surface area contributed by atoms with Gasteiger partial charge in [0.15, 0.2) is 0 Å². The molecule has 232 valence electrons. The third-order valence-corrected chi connectivity index (χ3v) is 7.49. The molecule has 7 N–H and O–H groups in total. The number of alkyl halides is 3.